The third kappa shape index (κ3) is 8.27. The third-order valence-electron chi connectivity index (χ3n) is 11.6. The van der Waals surface area contributed by atoms with Gasteiger partial charge < -0.3 is 41.5 Å². The van der Waals surface area contributed by atoms with Crippen LogP contribution in [0.1, 0.15) is 58.4 Å². The van der Waals surface area contributed by atoms with Crippen molar-refractivity contribution < 1.29 is 28.7 Å². The first kappa shape index (κ1) is 38.1. The monoisotopic (exact) mass is 757 g/mol. The van der Waals surface area contributed by atoms with E-state index in [1.165, 1.54) is 19.5 Å². The van der Waals surface area contributed by atoms with Crippen LogP contribution in [0.15, 0.2) is 60.1 Å². The number of likely N-dealkylation sites (N-methyl/N-ethyl adjacent to an activating group) is 1. The number of para-hydroxylation sites is 1. The number of alkyl halides is 1. The minimum Gasteiger partial charge on any atom is -0.507 e. The Morgan fingerprint density at radius 3 is 2.35 bits per heavy atom. The Labute approximate surface area is 320 Å². The van der Waals surface area contributed by atoms with Gasteiger partial charge in [0.05, 0.1) is 22.9 Å². The smallest absolute Gasteiger partial charge is 0.262 e. The number of phenols is 1. The number of hydrogen-bond acceptors (Lipinski definition) is 12. The van der Waals surface area contributed by atoms with Gasteiger partial charge in [-0.1, -0.05) is 12.1 Å². The van der Waals surface area contributed by atoms with Crippen molar-refractivity contribution in [2.24, 2.45) is 23.3 Å². The van der Waals surface area contributed by atoms with Crippen LogP contribution in [0.4, 0.5) is 10.1 Å². The first-order chi connectivity index (χ1) is 26.4. The maximum atomic E-state index is 13.7. The van der Waals surface area contributed by atoms with Gasteiger partial charge >= 0.3 is 0 Å². The summed E-state index contributed by atoms with van der Waals surface area (Å²) in [5, 5.41) is 15.4. The summed E-state index contributed by atoms with van der Waals surface area (Å²) in [7, 11) is 4.34. The molecule has 0 bridgehead atoms. The van der Waals surface area contributed by atoms with Gasteiger partial charge in [-0.3, -0.25) is 29.4 Å². The van der Waals surface area contributed by atoms with Crippen LogP contribution < -0.4 is 27.0 Å². The molecule has 6 heterocycles. The van der Waals surface area contributed by atoms with Gasteiger partial charge in [0.2, 0.25) is 11.8 Å². The number of piperazine rings is 1. The largest absolute Gasteiger partial charge is 0.507 e. The Balaban J connectivity index is 0.000000144. The zero-order valence-corrected chi connectivity index (χ0v) is 31.5. The van der Waals surface area contributed by atoms with Gasteiger partial charge in [-0.2, -0.15) is 0 Å². The molecular weight excluding hydrogens is 705 g/mol. The highest BCUT2D eigenvalue weighted by Gasteiger charge is 2.45. The molecule has 5 fully saturated rings. The summed E-state index contributed by atoms with van der Waals surface area (Å²) < 4.78 is 13.7. The van der Waals surface area contributed by atoms with Crippen molar-refractivity contribution in [1.82, 2.24) is 30.2 Å². The fraction of sp³-hybridized carbons (Fsp3) is 0.500. The number of amides is 4. The molecule has 9 rings (SSSR count). The van der Waals surface area contributed by atoms with Crippen molar-refractivity contribution in [2.45, 2.75) is 50.4 Å². The maximum absolute atomic E-state index is 13.7. The van der Waals surface area contributed by atoms with Crippen LogP contribution >= 0.6 is 0 Å². The molecule has 15 heteroatoms. The molecule has 5 unspecified atom stereocenters. The van der Waals surface area contributed by atoms with E-state index in [1.54, 1.807) is 36.4 Å². The number of fused-ring (bicyclic) bond motifs is 3. The molecule has 14 nitrogen and oxygen atoms in total. The van der Waals surface area contributed by atoms with E-state index < -0.39 is 35.8 Å². The van der Waals surface area contributed by atoms with Crippen LogP contribution in [0.2, 0.25) is 0 Å². The number of rotatable bonds is 4. The Morgan fingerprint density at radius 1 is 0.909 bits per heavy atom. The van der Waals surface area contributed by atoms with Crippen LogP contribution in [0.3, 0.4) is 0 Å². The predicted molar refractivity (Wildman–Crippen MR) is 206 cm³/mol. The number of aromatic hydroxyl groups is 1. The molecule has 6 aliphatic heterocycles. The number of piperidine rings is 3. The third-order valence-corrected chi connectivity index (χ3v) is 11.6. The summed E-state index contributed by atoms with van der Waals surface area (Å²) in [5.41, 5.74) is 15.5. The number of carbonyl (C=O) groups is 4. The van der Waals surface area contributed by atoms with Gasteiger partial charge in [-0.05, 0) is 88.0 Å². The van der Waals surface area contributed by atoms with E-state index >= 15 is 0 Å². The average Bonchev–Trinajstić information content (AvgIpc) is 3.70. The summed E-state index contributed by atoms with van der Waals surface area (Å²) in [5.74, 6) is 0.926. The van der Waals surface area contributed by atoms with E-state index in [4.69, 9.17) is 11.5 Å². The molecular formula is C40H52FN9O5. The number of nitrogens with one attached hydrogen (secondary N) is 2. The lowest BCUT2D eigenvalue weighted by atomic mass is 10.0. The quantitative estimate of drug-likeness (QED) is 0.285. The van der Waals surface area contributed by atoms with E-state index in [2.05, 4.69) is 39.4 Å². The van der Waals surface area contributed by atoms with Crippen molar-refractivity contribution in [3.05, 3.63) is 76.7 Å². The van der Waals surface area contributed by atoms with Crippen molar-refractivity contribution >= 4 is 35.0 Å². The topological polar surface area (TPSA) is 181 Å². The lowest BCUT2D eigenvalue weighted by molar-refractivity contribution is -0.136. The fourth-order valence-electron chi connectivity index (χ4n) is 8.53. The van der Waals surface area contributed by atoms with Crippen molar-refractivity contribution in [3.63, 3.8) is 0 Å². The first-order valence-electron chi connectivity index (χ1n) is 19.3. The SMILES string of the molecule is CN1CC2CC2C1.CN1CCN2C(/C=C(\N)c3ccccc3O)=C(N)NCC2C1.O=C1CCC(N2C(=O)c3ccc(N4CCCC(F)C4)cc3C2=O)C(=O)N1. The Hall–Kier alpha value is -5.15. The van der Waals surface area contributed by atoms with Crippen LogP contribution in [0.25, 0.3) is 5.70 Å². The second-order valence-electron chi connectivity index (χ2n) is 15.7. The Morgan fingerprint density at radius 2 is 1.65 bits per heavy atom. The van der Waals surface area contributed by atoms with Crippen LogP contribution in [-0.4, -0.2) is 133 Å². The maximum Gasteiger partial charge on any atom is 0.262 e. The summed E-state index contributed by atoms with van der Waals surface area (Å²) in [4.78, 5) is 58.6. The molecule has 7 N–H and O–H groups in total. The molecule has 4 amide bonds. The van der Waals surface area contributed by atoms with Gasteiger partial charge in [0.25, 0.3) is 11.8 Å². The molecule has 5 atom stereocenters. The number of allylic oxidation sites excluding steroid dienone is 1. The lowest BCUT2D eigenvalue weighted by Crippen LogP contribution is -2.58. The number of nitrogens with zero attached hydrogens (tertiary/aromatic N) is 5. The van der Waals surface area contributed by atoms with Gasteiger partial charge in [-0.25, -0.2) is 4.39 Å². The highest BCUT2D eigenvalue weighted by Crippen LogP contribution is 2.44. The van der Waals surface area contributed by atoms with Gasteiger partial charge in [0, 0.05) is 75.7 Å². The molecule has 294 valence electrons. The van der Waals surface area contributed by atoms with Crippen molar-refractivity contribution in [2.75, 3.05) is 71.4 Å². The normalized spacial score (nSPS) is 27.9. The molecule has 55 heavy (non-hydrogen) atoms. The number of hydrogen-bond donors (Lipinski definition) is 5. The van der Waals surface area contributed by atoms with E-state index in [0.717, 1.165) is 55.0 Å². The fourth-order valence-corrected chi connectivity index (χ4v) is 8.53. The molecule has 2 aromatic rings. The highest BCUT2D eigenvalue weighted by molar-refractivity contribution is 6.23. The second-order valence-corrected chi connectivity index (χ2v) is 15.7. The Bertz CT molecular complexity index is 1890. The number of likely N-dealkylation sites (tertiary alicyclic amines) is 1. The van der Waals surface area contributed by atoms with E-state index in [1.807, 2.05) is 17.0 Å². The number of phenolic OH excluding ortho intramolecular Hbond substituents is 1. The molecule has 4 saturated heterocycles. The van der Waals surface area contributed by atoms with Gasteiger partial charge in [-0.15, -0.1) is 0 Å². The molecule has 1 aliphatic carbocycles. The minimum atomic E-state index is -0.978. The predicted octanol–water partition coefficient (Wildman–Crippen LogP) is 1.63. The van der Waals surface area contributed by atoms with Crippen LogP contribution in [0, 0.1) is 11.8 Å². The molecule has 0 spiro atoms. The number of nitrogens with two attached hydrogens (primary N) is 2. The van der Waals surface area contributed by atoms with Crippen molar-refractivity contribution in [1.29, 1.82) is 0 Å². The number of benzene rings is 2. The van der Waals surface area contributed by atoms with Crippen LogP contribution in [-0.2, 0) is 9.59 Å². The van der Waals surface area contributed by atoms with Gasteiger partial charge in [0.15, 0.2) is 0 Å². The van der Waals surface area contributed by atoms with E-state index in [0.29, 0.717) is 41.8 Å². The summed E-state index contributed by atoms with van der Waals surface area (Å²) in [6.07, 6.45) is 3.95. The summed E-state index contributed by atoms with van der Waals surface area (Å²) in [6, 6.07) is 11.3. The van der Waals surface area contributed by atoms with Crippen LogP contribution in [0.5, 0.6) is 5.75 Å². The van der Waals surface area contributed by atoms with Crippen molar-refractivity contribution in [3.8, 4) is 5.75 Å². The highest BCUT2D eigenvalue weighted by atomic mass is 19.1. The lowest BCUT2D eigenvalue weighted by Gasteiger charge is -2.45. The Kier molecular flexibility index (Phi) is 11.0. The number of imide groups is 2. The summed E-state index contributed by atoms with van der Waals surface area (Å²) >= 11 is 0. The van der Waals surface area contributed by atoms with Gasteiger partial charge in [0.1, 0.15) is 23.8 Å². The van der Waals surface area contributed by atoms with E-state index in [9.17, 15) is 28.7 Å². The summed E-state index contributed by atoms with van der Waals surface area (Å²) in [6.45, 7) is 7.46. The number of halogens is 1. The molecule has 2 aromatic carbocycles. The number of carbonyl (C=O) groups excluding carboxylic acids is 4. The zero-order chi connectivity index (χ0) is 39.0. The number of anilines is 1. The standard InChI is InChI=1S/C18H18FN3O4.C16H23N5O.C6H11N/c19-10-2-1-7-21(9-10)11-3-4-12-13(8-11)18(26)22(17(12)25)14-5-6-15(23)20-16(14)24;1-20-6-7-21-11(10-20)9-19-16(18)14(21)8-13(17)12-4-2-3-5-15(12)22;1-7-3-5-2-6(5)4-7/h3-4,8,10,14H,1-2,5-7,9H2,(H,20,23,24);2-5,8,11,19,22H,6-7,9-10,17-18H2,1H3;5-6H,2-4H2,1H3/b;13-8-;. The minimum absolute atomic E-state index is 0.0841. The zero-order valence-electron chi connectivity index (χ0n) is 31.5. The molecule has 0 radical (unpaired) electrons. The molecule has 1 saturated carbocycles. The first-order valence-corrected chi connectivity index (χ1v) is 19.3. The molecule has 7 aliphatic rings. The van der Waals surface area contributed by atoms with E-state index in [-0.39, 0.29) is 36.3 Å². The second kappa shape index (κ2) is 15.9. The molecule has 0 aromatic heterocycles. The average molecular weight is 758 g/mol.